The van der Waals surface area contributed by atoms with Gasteiger partial charge in [0.15, 0.2) is 0 Å². The second-order valence-electron chi connectivity index (χ2n) is 5.76. The maximum absolute atomic E-state index is 12.6. The molecule has 1 aliphatic rings. The average Bonchev–Trinajstić information content (AvgIpc) is 2.78. The minimum atomic E-state index is -3.42. The number of sulfonamides is 1. The number of rotatable bonds is 7. The first kappa shape index (κ1) is 17.9. The molecule has 0 unspecified atom stereocenters. The van der Waals surface area contributed by atoms with E-state index in [2.05, 4.69) is 4.90 Å². The van der Waals surface area contributed by atoms with Crippen molar-refractivity contribution in [3.8, 4) is 0 Å². The van der Waals surface area contributed by atoms with E-state index in [0.717, 1.165) is 25.9 Å². The fraction of sp³-hybridized carbons (Fsp3) is 0.562. The van der Waals surface area contributed by atoms with Gasteiger partial charge in [-0.15, -0.1) is 0 Å². The van der Waals surface area contributed by atoms with Crippen LogP contribution in [-0.4, -0.2) is 61.4 Å². The molecule has 2 rings (SSSR count). The predicted octanol–water partition coefficient (Wildman–Crippen LogP) is 1.64. The van der Waals surface area contributed by atoms with Gasteiger partial charge in [-0.1, -0.05) is 18.2 Å². The number of aliphatic carboxylic acids is 1. The Balaban J connectivity index is 1.87. The summed E-state index contributed by atoms with van der Waals surface area (Å²) in [4.78, 5) is 13.1. The lowest BCUT2D eigenvalue weighted by Crippen LogP contribution is -2.35. The molecular formula is C16H24N2O4S. The molecule has 0 amide bonds. The number of hydrogen-bond acceptors (Lipinski definition) is 4. The lowest BCUT2D eigenvalue weighted by atomic mass is 10.2. The molecule has 0 saturated carbocycles. The van der Waals surface area contributed by atoms with E-state index in [4.69, 9.17) is 5.11 Å². The Hall–Kier alpha value is -1.44. The van der Waals surface area contributed by atoms with Gasteiger partial charge in [0.25, 0.3) is 0 Å². The molecule has 23 heavy (non-hydrogen) atoms. The molecule has 6 nitrogen and oxygen atoms in total. The molecule has 128 valence electrons. The van der Waals surface area contributed by atoms with Crippen LogP contribution in [0.1, 0.15) is 25.7 Å². The molecule has 7 heteroatoms. The van der Waals surface area contributed by atoms with Gasteiger partial charge in [0.1, 0.15) is 0 Å². The van der Waals surface area contributed by atoms with E-state index in [9.17, 15) is 13.2 Å². The molecule has 0 aliphatic carbocycles. The van der Waals surface area contributed by atoms with Crippen molar-refractivity contribution in [2.24, 2.45) is 0 Å². The molecule has 0 aromatic heterocycles. The van der Waals surface area contributed by atoms with Crippen molar-refractivity contribution in [1.82, 2.24) is 9.21 Å². The summed E-state index contributed by atoms with van der Waals surface area (Å²) in [6.07, 6.45) is 2.49. The maximum atomic E-state index is 12.6. The largest absolute Gasteiger partial charge is 0.481 e. The number of carbonyl (C=O) groups is 1. The molecule has 0 radical (unpaired) electrons. The molecule has 0 bridgehead atoms. The number of hydrogen-bond donors (Lipinski definition) is 1. The van der Waals surface area contributed by atoms with Crippen LogP contribution < -0.4 is 0 Å². The van der Waals surface area contributed by atoms with E-state index >= 15 is 0 Å². The Morgan fingerprint density at radius 2 is 1.78 bits per heavy atom. The van der Waals surface area contributed by atoms with Crippen LogP contribution >= 0.6 is 0 Å². The molecule has 1 aliphatic heterocycles. The van der Waals surface area contributed by atoms with Crippen LogP contribution in [0.25, 0.3) is 0 Å². The Morgan fingerprint density at radius 3 is 2.48 bits per heavy atom. The van der Waals surface area contributed by atoms with Gasteiger partial charge >= 0.3 is 5.97 Å². The second-order valence-corrected chi connectivity index (χ2v) is 7.70. The van der Waals surface area contributed by atoms with Gasteiger partial charge in [0, 0.05) is 26.1 Å². The van der Waals surface area contributed by atoms with Crippen LogP contribution in [0.15, 0.2) is 35.2 Å². The third-order valence-electron chi connectivity index (χ3n) is 4.04. The maximum Gasteiger partial charge on any atom is 0.303 e. The Labute approximate surface area is 137 Å². The molecule has 1 N–H and O–H groups in total. The Bertz CT molecular complexity index is 604. The summed E-state index contributed by atoms with van der Waals surface area (Å²) < 4.78 is 26.8. The highest BCUT2D eigenvalue weighted by Gasteiger charge is 2.26. The van der Waals surface area contributed by atoms with Gasteiger partial charge in [-0.05, 0) is 44.5 Å². The van der Waals surface area contributed by atoms with E-state index in [-0.39, 0.29) is 6.42 Å². The molecule has 0 atom stereocenters. The van der Waals surface area contributed by atoms with Crippen molar-refractivity contribution < 1.29 is 18.3 Å². The molecule has 1 fully saturated rings. The van der Waals surface area contributed by atoms with Crippen molar-refractivity contribution in [2.75, 3.05) is 32.7 Å². The Kier molecular flexibility index (Phi) is 6.56. The monoisotopic (exact) mass is 340 g/mol. The zero-order valence-electron chi connectivity index (χ0n) is 13.2. The van der Waals surface area contributed by atoms with Crippen LogP contribution in [0.3, 0.4) is 0 Å². The number of carboxylic acids is 1. The van der Waals surface area contributed by atoms with Crippen LogP contribution in [0.5, 0.6) is 0 Å². The lowest BCUT2D eigenvalue weighted by molar-refractivity contribution is -0.137. The third-order valence-corrected chi connectivity index (χ3v) is 5.96. The molecular weight excluding hydrogens is 316 g/mol. The highest BCUT2D eigenvalue weighted by Crippen LogP contribution is 2.17. The average molecular weight is 340 g/mol. The van der Waals surface area contributed by atoms with Crippen molar-refractivity contribution >= 4 is 16.0 Å². The quantitative estimate of drug-likeness (QED) is 0.764. The molecule has 1 saturated heterocycles. The van der Waals surface area contributed by atoms with Crippen molar-refractivity contribution in [3.05, 3.63) is 30.3 Å². The third kappa shape index (κ3) is 5.30. The minimum absolute atomic E-state index is 0.197. The van der Waals surface area contributed by atoms with Crippen molar-refractivity contribution in [1.29, 1.82) is 0 Å². The molecule has 1 aromatic carbocycles. The zero-order valence-corrected chi connectivity index (χ0v) is 14.0. The van der Waals surface area contributed by atoms with Crippen molar-refractivity contribution in [3.63, 3.8) is 0 Å². The first-order valence-corrected chi connectivity index (χ1v) is 9.43. The lowest BCUT2D eigenvalue weighted by Gasteiger charge is -2.21. The topological polar surface area (TPSA) is 77.9 Å². The number of nitrogens with zero attached hydrogens (tertiary/aromatic N) is 2. The van der Waals surface area contributed by atoms with E-state index in [0.29, 0.717) is 31.0 Å². The number of unbranched alkanes of at least 4 members (excludes halogenated alkanes) is 1. The SMILES string of the molecule is O=C(O)CCCCN1CCCN(S(=O)(=O)c2ccccc2)CC1. The standard InChI is InChI=1S/C16H24N2O4S/c19-16(20)9-4-5-10-17-11-6-12-18(14-13-17)23(21,22)15-7-2-1-3-8-15/h1-3,7-8H,4-6,9-14H2,(H,19,20). The van der Waals surface area contributed by atoms with E-state index in [1.807, 2.05) is 0 Å². The molecule has 1 aromatic rings. The molecule has 0 spiro atoms. The Morgan fingerprint density at radius 1 is 1.04 bits per heavy atom. The summed E-state index contributed by atoms with van der Waals surface area (Å²) >= 11 is 0. The minimum Gasteiger partial charge on any atom is -0.481 e. The van der Waals surface area contributed by atoms with Gasteiger partial charge in [-0.2, -0.15) is 4.31 Å². The number of carboxylic acid groups (broad SMARTS) is 1. The summed E-state index contributed by atoms with van der Waals surface area (Å²) in [6, 6.07) is 8.53. The van der Waals surface area contributed by atoms with E-state index < -0.39 is 16.0 Å². The van der Waals surface area contributed by atoms with Crippen LogP contribution in [0, 0.1) is 0 Å². The smallest absolute Gasteiger partial charge is 0.303 e. The van der Waals surface area contributed by atoms with Crippen molar-refractivity contribution in [2.45, 2.75) is 30.6 Å². The van der Waals surface area contributed by atoms with Crippen LogP contribution in [0.4, 0.5) is 0 Å². The van der Waals surface area contributed by atoms with Crippen LogP contribution in [-0.2, 0) is 14.8 Å². The number of benzene rings is 1. The second kappa shape index (κ2) is 8.42. The fourth-order valence-corrected chi connectivity index (χ4v) is 4.26. The highest BCUT2D eigenvalue weighted by molar-refractivity contribution is 7.89. The van der Waals surface area contributed by atoms with Gasteiger partial charge < -0.3 is 10.0 Å². The van der Waals surface area contributed by atoms with E-state index in [1.165, 1.54) is 0 Å². The fourth-order valence-electron chi connectivity index (χ4n) is 2.76. The summed E-state index contributed by atoms with van der Waals surface area (Å²) in [6.45, 7) is 3.39. The first-order chi connectivity index (χ1) is 11.0. The summed E-state index contributed by atoms with van der Waals surface area (Å²) in [5.74, 6) is -0.763. The predicted molar refractivity (Wildman–Crippen MR) is 87.7 cm³/mol. The molecule has 1 heterocycles. The summed E-state index contributed by atoms with van der Waals surface area (Å²) in [5, 5.41) is 8.64. The normalized spacial score (nSPS) is 17.7. The highest BCUT2D eigenvalue weighted by atomic mass is 32.2. The summed E-state index contributed by atoms with van der Waals surface area (Å²) in [7, 11) is -3.42. The first-order valence-electron chi connectivity index (χ1n) is 7.99. The summed E-state index contributed by atoms with van der Waals surface area (Å²) in [5.41, 5.74) is 0. The van der Waals surface area contributed by atoms with Gasteiger partial charge in [-0.25, -0.2) is 8.42 Å². The van der Waals surface area contributed by atoms with Gasteiger partial charge in [0.2, 0.25) is 10.0 Å². The van der Waals surface area contributed by atoms with Gasteiger partial charge in [0.05, 0.1) is 4.90 Å². The zero-order chi connectivity index (χ0) is 16.7. The van der Waals surface area contributed by atoms with E-state index in [1.54, 1.807) is 34.6 Å². The van der Waals surface area contributed by atoms with Gasteiger partial charge in [-0.3, -0.25) is 4.79 Å². The van der Waals surface area contributed by atoms with Crippen LogP contribution in [0.2, 0.25) is 0 Å².